The summed E-state index contributed by atoms with van der Waals surface area (Å²) < 4.78 is 4.21. The SMILES string of the molecule is Cc1nc(-c2cccn2C)n(C2Cc3ccccc3C2)n1. The van der Waals surface area contributed by atoms with Crippen LogP contribution in [0.25, 0.3) is 11.5 Å². The average Bonchev–Trinajstić information content (AvgIpc) is 3.15. The molecule has 2 aromatic heterocycles. The van der Waals surface area contributed by atoms with Gasteiger partial charge in [0.25, 0.3) is 0 Å². The molecule has 3 aromatic rings. The molecule has 1 aliphatic rings. The topological polar surface area (TPSA) is 35.6 Å². The number of rotatable bonds is 2. The largest absolute Gasteiger partial charge is 0.348 e. The highest BCUT2D eigenvalue weighted by Crippen LogP contribution is 2.32. The summed E-state index contributed by atoms with van der Waals surface area (Å²) in [6.07, 6.45) is 4.12. The van der Waals surface area contributed by atoms with Crippen LogP contribution in [0.15, 0.2) is 42.6 Å². The van der Waals surface area contributed by atoms with Gasteiger partial charge in [0, 0.05) is 13.2 Å². The van der Waals surface area contributed by atoms with Crippen molar-refractivity contribution in [3.63, 3.8) is 0 Å². The monoisotopic (exact) mass is 278 g/mol. The van der Waals surface area contributed by atoms with Crippen LogP contribution in [0.4, 0.5) is 0 Å². The Morgan fingerprint density at radius 3 is 2.38 bits per heavy atom. The van der Waals surface area contributed by atoms with Gasteiger partial charge in [0.1, 0.15) is 5.82 Å². The smallest absolute Gasteiger partial charge is 0.175 e. The predicted molar refractivity (Wildman–Crippen MR) is 82.1 cm³/mol. The van der Waals surface area contributed by atoms with Gasteiger partial charge in [0.05, 0.1) is 11.7 Å². The summed E-state index contributed by atoms with van der Waals surface area (Å²) in [6, 6.07) is 13.2. The van der Waals surface area contributed by atoms with Crippen molar-refractivity contribution in [1.82, 2.24) is 19.3 Å². The molecule has 106 valence electrons. The van der Waals surface area contributed by atoms with Gasteiger partial charge in [-0.1, -0.05) is 24.3 Å². The predicted octanol–water partition coefficient (Wildman–Crippen LogP) is 2.93. The number of hydrogen-bond acceptors (Lipinski definition) is 2. The molecule has 1 aliphatic carbocycles. The molecule has 0 saturated carbocycles. The number of fused-ring (bicyclic) bond motifs is 1. The molecule has 0 N–H and O–H groups in total. The number of aryl methyl sites for hydroxylation is 2. The molecule has 0 unspecified atom stereocenters. The van der Waals surface area contributed by atoms with Gasteiger partial charge in [0.15, 0.2) is 5.82 Å². The summed E-state index contributed by atoms with van der Waals surface area (Å²) >= 11 is 0. The van der Waals surface area contributed by atoms with E-state index in [4.69, 9.17) is 0 Å². The lowest BCUT2D eigenvalue weighted by Crippen LogP contribution is -2.13. The zero-order chi connectivity index (χ0) is 14.4. The normalized spacial score (nSPS) is 14.6. The molecule has 0 atom stereocenters. The Morgan fingerprint density at radius 1 is 1.05 bits per heavy atom. The van der Waals surface area contributed by atoms with Gasteiger partial charge in [-0.05, 0) is 43.0 Å². The van der Waals surface area contributed by atoms with Crippen molar-refractivity contribution in [1.29, 1.82) is 0 Å². The lowest BCUT2D eigenvalue weighted by Gasteiger charge is -2.13. The number of hydrogen-bond donors (Lipinski definition) is 0. The molecule has 0 spiro atoms. The minimum atomic E-state index is 0.369. The molecular formula is C17H18N4. The Kier molecular flexibility index (Phi) is 2.70. The molecule has 2 heterocycles. The van der Waals surface area contributed by atoms with Crippen LogP contribution >= 0.6 is 0 Å². The highest BCUT2D eigenvalue weighted by molar-refractivity contribution is 5.51. The van der Waals surface area contributed by atoms with E-state index in [0.29, 0.717) is 6.04 Å². The van der Waals surface area contributed by atoms with Crippen molar-refractivity contribution in [3.05, 3.63) is 59.5 Å². The molecule has 0 saturated heterocycles. The fourth-order valence-electron chi connectivity index (χ4n) is 3.26. The van der Waals surface area contributed by atoms with E-state index in [2.05, 4.69) is 49.7 Å². The van der Waals surface area contributed by atoms with Crippen molar-refractivity contribution in [3.8, 4) is 11.5 Å². The molecule has 4 heteroatoms. The Morgan fingerprint density at radius 2 is 1.76 bits per heavy atom. The summed E-state index contributed by atoms with van der Waals surface area (Å²) in [4.78, 5) is 4.65. The third kappa shape index (κ3) is 1.98. The second-order valence-electron chi connectivity index (χ2n) is 5.76. The highest BCUT2D eigenvalue weighted by atomic mass is 15.4. The van der Waals surface area contributed by atoms with Gasteiger partial charge in [-0.2, -0.15) is 5.10 Å². The zero-order valence-corrected chi connectivity index (χ0v) is 12.3. The second kappa shape index (κ2) is 4.58. The van der Waals surface area contributed by atoms with Crippen LogP contribution in [0.1, 0.15) is 23.0 Å². The Hall–Kier alpha value is -2.36. The number of aromatic nitrogens is 4. The molecule has 0 amide bonds. The first-order chi connectivity index (χ1) is 10.2. The summed E-state index contributed by atoms with van der Waals surface area (Å²) in [6.45, 7) is 1.96. The lowest BCUT2D eigenvalue weighted by molar-refractivity contribution is 0.476. The quantitative estimate of drug-likeness (QED) is 0.722. The Balaban J connectivity index is 1.76. The average molecular weight is 278 g/mol. The third-order valence-electron chi connectivity index (χ3n) is 4.29. The van der Waals surface area contributed by atoms with Crippen LogP contribution in [-0.4, -0.2) is 19.3 Å². The van der Waals surface area contributed by atoms with E-state index in [1.165, 1.54) is 11.1 Å². The summed E-state index contributed by atoms with van der Waals surface area (Å²) in [5.74, 6) is 1.81. The maximum atomic E-state index is 4.66. The van der Waals surface area contributed by atoms with Crippen LogP contribution in [0.5, 0.6) is 0 Å². The molecular weight excluding hydrogens is 260 g/mol. The van der Waals surface area contributed by atoms with Gasteiger partial charge < -0.3 is 4.57 Å². The van der Waals surface area contributed by atoms with E-state index in [1.807, 2.05) is 26.2 Å². The van der Waals surface area contributed by atoms with Crippen LogP contribution in [0, 0.1) is 6.92 Å². The van der Waals surface area contributed by atoms with Crippen molar-refractivity contribution in [2.75, 3.05) is 0 Å². The maximum absolute atomic E-state index is 4.66. The van der Waals surface area contributed by atoms with Gasteiger partial charge in [-0.25, -0.2) is 9.67 Å². The highest BCUT2D eigenvalue weighted by Gasteiger charge is 2.26. The van der Waals surface area contributed by atoms with Crippen LogP contribution in [-0.2, 0) is 19.9 Å². The fourth-order valence-corrected chi connectivity index (χ4v) is 3.26. The number of benzene rings is 1. The second-order valence-corrected chi connectivity index (χ2v) is 5.76. The summed E-state index contributed by atoms with van der Waals surface area (Å²) in [7, 11) is 2.05. The molecule has 4 nitrogen and oxygen atoms in total. The Labute approximate surface area is 124 Å². The van der Waals surface area contributed by atoms with Crippen molar-refractivity contribution < 1.29 is 0 Å². The van der Waals surface area contributed by atoms with E-state index < -0.39 is 0 Å². The first-order valence-electron chi connectivity index (χ1n) is 7.34. The molecule has 0 aliphatic heterocycles. The molecule has 0 fully saturated rings. The molecule has 0 bridgehead atoms. The van der Waals surface area contributed by atoms with Crippen LogP contribution in [0.3, 0.4) is 0 Å². The third-order valence-corrected chi connectivity index (χ3v) is 4.29. The van der Waals surface area contributed by atoms with Crippen LogP contribution in [0.2, 0.25) is 0 Å². The van der Waals surface area contributed by atoms with Crippen LogP contribution < -0.4 is 0 Å². The lowest BCUT2D eigenvalue weighted by atomic mass is 10.1. The summed E-state index contributed by atoms with van der Waals surface area (Å²) in [5, 5.41) is 4.66. The van der Waals surface area contributed by atoms with E-state index in [9.17, 15) is 0 Å². The van der Waals surface area contributed by atoms with Crippen molar-refractivity contribution in [2.24, 2.45) is 7.05 Å². The first kappa shape index (κ1) is 12.4. The van der Waals surface area contributed by atoms with Crippen molar-refractivity contribution >= 4 is 0 Å². The van der Waals surface area contributed by atoms with E-state index in [0.717, 1.165) is 30.2 Å². The standard InChI is InChI=1S/C17H18N4/c1-12-18-17(16-8-5-9-20(16)2)21(19-12)15-10-13-6-3-4-7-14(13)11-15/h3-9,15H,10-11H2,1-2H3. The van der Waals surface area contributed by atoms with Gasteiger partial charge in [-0.3, -0.25) is 0 Å². The first-order valence-corrected chi connectivity index (χ1v) is 7.34. The van der Waals surface area contributed by atoms with Gasteiger partial charge in [0.2, 0.25) is 0 Å². The molecule has 21 heavy (non-hydrogen) atoms. The molecule has 1 aromatic carbocycles. The minimum Gasteiger partial charge on any atom is -0.348 e. The van der Waals surface area contributed by atoms with E-state index >= 15 is 0 Å². The van der Waals surface area contributed by atoms with Gasteiger partial charge in [-0.15, -0.1) is 0 Å². The Bertz CT molecular complexity index is 772. The zero-order valence-electron chi connectivity index (χ0n) is 12.3. The fraction of sp³-hybridized carbons (Fsp3) is 0.294. The van der Waals surface area contributed by atoms with E-state index in [-0.39, 0.29) is 0 Å². The van der Waals surface area contributed by atoms with E-state index in [1.54, 1.807) is 0 Å². The van der Waals surface area contributed by atoms with Gasteiger partial charge >= 0.3 is 0 Å². The van der Waals surface area contributed by atoms with Crippen molar-refractivity contribution in [2.45, 2.75) is 25.8 Å². The molecule has 0 radical (unpaired) electrons. The number of nitrogens with zero attached hydrogens (tertiary/aromatic N) is 4. The maximum Gasteiger partial charge on any atom is 0.175 e. The minimum absolute atomic E-state index is 0.369. The summed E-state index contributed by atoms with van der Waals surface area (Å²) in [5.41, 5.74) is 3.99. The molecule has 4 rings (SSSR count).